The van der Waals surface area contributed by atoms with Gasteiger partial charge in [-0.05, 0) is 40.5 Å². The van der Waals surface area contributed by atoms with E-state index in [-0.39, 0.29) is 6.04 Å². The molecule has 0 fully saturated rings. The second-order valence-corrected chi connectivity index (χ2v) is 5.37. The van der Waals surface area contributed by atoms with Gasteiger partial charge in [0.15, 0.2) is 0 Å². The Morgan fingerprint density at radius 3 is 3.00 bits per heavy atom. The number of hydrogen-bond donors (Lipinski definition) is 1. The normalized spacial score (nSPS) is 12.7. The molecule has 1 aromatic heterocycles. The first-order valence-corrected chi connectivity index (χ1v) is 6.92. The Hall–Kier alpha value is -0.910. The highest BCUT2D eigenvalue weighted by molar-refractivity contribution is 9.10. The summed E-state index contributed by atoms with van der Waals surface area (Å²) in [6.07, 6.45) is 3.76. The zero-order valence-electron chi connectivity index (χ0n) is 9.98. The van der Waals surface area contributed by atoms with Crippen molar-refractivity contribution >= 4 is 27.5 Å². The lowest BCUT2D eigenvalue weighted by molar-refractivity contribution is 0.619. The van der Waals surface area contributed by atoms with Gasteiger partial charge in [-0.3, -0.25) is 0 Å². The molecule has 0 aliphatic carbocycles. The van der Waals surface area contributed by atoms with Crippen LogP contribution in [0.25, 0.3) is 5.69 Å². The summed E-state index contributed by atoms with van der Waals surface area (Å²) >= 11 is 9.44. The van der Waals surface area contributed by atoms with Gasteiger partial charge in [0.05, 0.1) is 23.6 Å². The van der Waals surface area contributed by atoms with Crippen LogP contribution in [0.5, 0.6) is 0 Å². The molecule has 2 N–H and O–H groups in total. The lowest BCUT2D eigenvalue weighted by Gasteiger charge is -2.05. The summed E-state index contributed by atoms with van der Waals surface area (Å²) in [5, 5.41) is 8.85. The van der Waals surface area contributed by atoms with E-state index in [1.54, 1.807) is 4.68 Å². The molecule has 6 heteroatoms. The molecule has 0 aliphatic heterocycles. The summed E-state index contributed by atoms with van der Waals surface area (Å²) in [4.78, 5) is 0. The van der Waals surface area contributed by atoms with Crippen LogP contribution in [0.2, 0.25) is 5.02 Å². The zero-order chi connectivity index (χ0) is 13.1. The van der Waals surface area contributed by atoms with Crippen LogP contribution in [0.3, 0.4) is 0 Å². The predicted octanol–water partition coefficient (Wildman–Crippen LogP) is 3.48. The Bertz CT molecular complexity index is 541. The Morgan fingerprint density at radius 1 is 1.50 bits per heavy atom. The smallest absolute Gasteiger partial charge is 0.0998 e. The Balaban J connectivity index is 2.32. The van der Waals surface area contributed by atoms with E-state index < -0.39 is 0 Å². The van der Waals surface area contributed by atoms with Crippen molar-refractivity contribution in [3.05, 3.63) is 39.6 Å². The second kappa shape index (κ2) is 5.82. The summed E-state index contributed by atoms with van der Waals surface area (Å²) in [7, 11) is 0. The summed E-state index contributed by atoms with van der Waals surface area (Å²) in [5.74, 6) is 0. The van der Waals surface area contributed by atoms with E-state index in [4.69, 9.17) is 17.3 Å². The van der Waals surface area contributed by atoms with Crippen LogP contribution in [-0.2, 0) is 0 Å². The summed E-state index contributed by atoms with van der Waals surface area (Å²) < 4.78 is 2.59. The monoisotopic (exact) mass is 328 g/mol. The van der Waals surface area contributed by atoms with Crippen molar-refractivity contribution in [3.63, 3.8) is 0 Å². The molecule has 0 aliphatic rings. The van der Waals surface area contributed by atoms with Gasteiger partial charge in [0, 0.05) is 9.50 Å². The van der Waals surface area contributed by atoms with Gasteiger partial charge >= 0.3 is 0 Å². The van der Waals surface area contributed by atoms with Gasteiger partial charge in [-0.2, -0.15) is 0 Å². The van der Waals surface area contributed by atoms with Gasteiger partial charge in [-0.25, -0.2) is 4.68 Å². The molecule has 1 heterocycles. The molecule has 18 heavy (non-hydrogen) atoms. The molecule has 1 aromatic carbocycles. The fourth-order valence-electron chi connectivity index (χ4n) is 1.68. The molecular weight excluding hydrogens is 316 g/mol. The molecule has 0 amide bonds. The highest BCUT2D eigenvalue weighted by Crippen LogP contribution is 2.25. The van der Waals surface area contributed by atoms with E-state index in [9.17, 15) is 0 Å². The molecule has 1 unspecified atom stereocenters. The first-order valence-electron chi connectivity index (χ1n) is 5.75. The van der Waals surface area contributed by atoms with Gasteiger partial charge in [0.2, 0.25) is 0 Å². The van der Waals surface area contributed by atoms with Crippen molar-refractivity contribution in [1.29, 1.82) is 0 Å². The molecule has 1 atom stereocenters. The van der Waals surface area contributed by atoms with Crippen LogP contribution < -0.4 is 5.73 Å². The van der Waals surface area contributed by atoms with Crippen LogP contribution >= 0.6 is 27.5 Å². The number of benzene rings is 1. The quantitative estimate of drug-likeness (QED) is 0.934. The summed E-state index contributed by atoms with van der Waals surface area (Å²) in [6, 6.07) is 5.46. The maximum absolute atomic E-state index is 6.01. The van der Waals surface area contributed by atoms with Gasteiger partial charge in [0.25, 0.3) is 0 Å². The van der Waals surface area contributed by atoms with Crippen LogP contribution in [-0.4, -0.2) is 15.0 Å². The molecule has 2 rings (SSSR count). The molecule has 2 aromatic rings. The number of rotatable bonds is 4. The molecule has 0 saturated carbocycles. The average Bonchev–Trinajstić information content (AvgIpc) is 2.82. The number of nitrogens with zero attached hydrogens (tertiary/aromatic N) is 3. The van der Waals surface area contributed by atoms with E-state index in [0.29, 0.717) is 5.02 Å². The first-order chi connectivity index (χ1) is 8.61. The average molecular weight is 330 g/mol. The van der Waals surface area contributed by atoms with E-state index in [1.807, 2.05) is 24.4 Å². The number of hydrogen-bond acceptors (Lipinski definition) is 3. The van der Waals surface area contributed by atoms with Gasteiger partial charge in [-0.1, -0.05) is 30.2 Å². The van der Waals surface area contributed by atoms with Crippen molar-refractivity contribution in [1.82, 2.24) is 15.0 Å². The van der Waals surface area contributed by atoms with Crippen molar-refractivity contribution < 1.29 is 0 Å². The fraction of sp³-hybridized carbons (Fsp3) is 0.333. The SMILES string of the molecule is CCCC(N)c1cn(-c2cc(Cl)ccc2Br)nn1. The summed E-state index contributed by atoms with van der Waals surface area (Å²) in [6.45, 7) is 2.10. The maximum Gasteiger partial charge on any atom is 0.0998 e. The van der Waals surface area contributed by atoms with E-state index in [1.165, 1.54) is 0 Å². The first kappa shape index (κ1) is 13.5. The lowest BCUT2D eigenvalue weighted by atomic mass is 10.1. The Labute approximate surface area is 119 Å². The van der Waals surface area contributed by atoms with Crippen LogP contribution in [0.1, 0.15) is 31.5 Å². The molecular formula is C12H14BrClN4. The van der Waals surface area contributed by atoms with Crippen molar-refractivity contribution in [3.8, 4) is 5.69 Å². The number of halogens is 2. The van der Waals surface area contributed by atoms with E-state index in [2.05, 4.69) is 33.2 Å². The molecule has 0 saturated heterocycles. The molecule has 0 radical (unpaired) electrons. The number of aromatic nitrogens is 3. The van der Waals surface area contributed by atoms with Crippen molar-refractivity contribution in [2.45, 2.75) is 25.8 Å². The van der Waals surface area contributed by atoms with Gasteiger partial charge in [0.1, 0.15) is 0 Å². The number of nitrogens with two attached hydrogens (primary N) is 1. The molecule has 0 spiro atoms. The minimum atomic E-state index is -0.0679. The molecule has 0 bridgehead atoms. The van der Waals surface area contributed by atoms with Gasteiger partial charge < -0.3 is 5.73 Å². The summed E-state index contributed by atoms with van der Waals surface area (Å²) in [5.41, 5.74) is 7.66. The highest BCUT2D eigenvalue weighted by Gasteiger charge is 2.12. The molecule has 4 nitrogen and oxygen atoms in total. The van der Waals surface area contributed by atoms with E-state index >= 15 is 0 Å². The Morgan fingerprint density at radius 2 is 2.28 bits per heavy atom. The van der Waals surface area contributed by atoms with Crippen molar-refractivity contribution in [2.24, 2.45) is 5.73 Å². The minimum absolute atomic E-state index is 0.0679. The fourth-order valence-corrected chi connectivity index (χ4v) is 2.28. The zero-order valence-corrected chi connectivity index (χ0v) is 12.3. The minimum Gasteiger partial charge on any atom is -0.323 e. The third-order valence-electron chi connectivity index (χ3n) is 2.65. The third kappa shape index (κ3) is 2.91. The van der Waals surface area contributed by atoms with Crippen LogP contribution in [0, 0.1) is 0 Å². The second-order valence-electron chi connectivity index (χ2n) is 4.08. The largest absolute Gasteiger partial charge is 0.323 e. The predicted molar refractivity (Wildman–Crippen MR) is 75.9 cm³/mol. The van der Waals surface area contributed by atoms with Crippen LogP contribution in [0.15, 0.2) is 28.9 Å². The van der Waals surface area contributed by atoms with Crippen LogP contribution in [0.4, 0.5) is 0 Å². The topological polar surface area (TPSA) is 56.7 Å². The van der Waals surface area contributed by atoms with Gasteiger partial charge in [-0.15, -0.1) is 5.10 Å². The lowest BCUT2D eigenvalue weighted by Crippen LogP contribution is -2.10. The Kier molecular flexibility index (Phi) is 4.37. The standard InChI is InChI=1S/C12H14BrClN4/c1-2-3-10(15)11-7-18(17-16-11)12-6-8(14)4-5-9(12)13/h4-7,10H,2-3,15H2,1H3. The third-order valence-corrected chi connectivity index (χ3v) is 3.55. The molecule has 96 valence electrons. The van der Waals surface area contributed by atoms with E-state index in [0.717, 1.165) is 28.7 Å². The highest BCUT2D eigenvalue weighted by atomic mass is 79.9. The van der Waals surface area contributed by atoms with Crippen molar-refractivity contribution in [2.75, 3.05) is 0 Å². The maximum atomic E-state index is 6.01.